The van der Waals surface area contributed by atoms with E-state index in [1.807, 2.05) is 0 Å². The predicted molar refractivity (Wildman–Crippen MR) is 61.0 cm³/mol. The van der Waals surface area contributed by atoms with Gasteiger partial charge in [-0.2, -0.15) is 0 Å². The van der Waals surface area contributed by atoms with Gasteiger partial charge in [0.15, 0.2) is 0 Å². The summed E-state index contributed by atoms with van der Waals surface area (Å²) < 4.78 is 0. The van der Waals surface area contributed by atoms with Crippen molar-refractivity contribution in [1.29, 1.82) is 0 Å². The van der Waals surface area contributed by atoms with Crippen LogP contribution in [0.5, 0.6) is 0 Å². The van der Waals surface area contributed by atoms with E-state index in [1.54, 1.807) is 18.7 Å². The van der Waals surface area contributed by atoms with Gasteiger partial charge in [-0.05, 0) is 26.2 Å². The number of nitrogens with zero attached hydrogens (tertiary/aromatic N) is 1. The van der Waals surface area contributed by atoms with Crippen LogP contribution in [0.15, 0.2) is 0 Å². The van der Waals surface area contributed by atoms with Crippen LogP contribution in [0.1, 0.15) is 40.0 Å². The molecule has 0 aliphatic carbocycles. The Morgan fingerprint density at radius 3 is 2.50 bits per heavy atom. The first-order valence-electron chi connectivity index (χ1n) is 5.88. The van der Waals surface area contributed by atoms with E-state index in [1.165, 1.54) is 0 Å². The van der Waals surface area contributed by atoms with Gasteiger partial charge in [-0.1, -0.05) is 13.3 Å². The Balaban J connectivity index is 2.51. The molecule has 0 aromatic rings. The molecular weight excluding hydrogens is 206 g/mol. The normalized spacial score (nSPS) is 21.2. The minimum absolute atomic E-state index is 0.0247. The Bertz CT molecular complexity index is 286. The largest absolute Gasteiger partial charge is 0.481 e. The Morgan fingerprint density at radius 2 is 2.06 bits per heavy atom. The van der Waals surface area contributed by atoms with Gasteiger partial charge in [-0.3, -0.25) is 9.59 Å². The molecule has 1 saturated heterocycles. The van der Waals surface area contributed by atoms with Crippen LogP contribution in [0.2, 0.25) is 0 Å². The fourth-order valence-corrected chi connectivity index (χ4v) is 1.96. The van der Waals surface area contributed by atoms with E-state index >= 15 is 0 Å². The van der Waals surface area contributed by atoms with E-state index < -0.39 is 11.4 Å². The lowest BCUT2D eigenvalue weighted by molar-refractivity contribution is -0.151. The second-order valence-electron chi connectivity index (χ2n) is 5.27. The summed E-state index contributed by atoms with van der Waals surface area (Å²) in [5, 5.41) is 8.96. The molecule has 1 rings (SSSR count). The second kappa shape index (κ2) is 4.85. The number of amides is 1. The van der Waals surface area contributed by atoms with Gasteiger partial charge in [0, 0.05) is 19.5 Å². The minimum Gasteiger partial charge on any atom is -0.481 e. The molecule has 92 valence electrons. The van der Waals surface area contributed by atoms with Crippen LogP contribution >= 0.6 is 0 Å². The third-order valence-electron chi connectivity index (χ3n) is 3.39. The second-order valence-corrected chi connectivity index (χ2v) is 5.27. The smallest absolute Gasteiger partial charge is 0.309 e. The quantitative estimate of drug-likeness (QED) is 0.796. The van der Waals surface area contributed by atoms with Crippen LogP contribution in [-0.2, 0) is 9.59 Å². The van der Waals surface area contributed by atoms with E-state index in [4.69, 9.17) is 5.11 Å². The van der Waals surface area contributed by atoms with Crippen molar-refractivity contribution in [3.63, 3.8) is 0 Å². The van der Waals surface area contributed by atoms with E-state index in [0.29, 0.717) is 5.92 Å². The fraction of sp³-hybridized carbons (Fsp3) is 0.833. The van der Waals surface area contributed by atoms with Gasteiger partial charge in [0.25, 0.3) is 0 Å². The third kappa shape index (κ3) is 2.97. The van der Waals surface area contributed by atoms with Crippen molar-refractivity contribution < 1.29 is 14.7 Å². The lowest BCUT2D eigenvalue weighted by atomic mass is 9.89. The van der Waals surface area contributed by atoms with Crippen LogP contribution in [0.3, 0.4) is 0 Å². The Morgan fingerprint density at radius 1 is 1.44 bits per heavy atom. The number of carbonyl (C=O) groups excluding carboxylic acids is 1. The molecule has 1 aliphatic rings. The van der Waals surface area contributed by atoms with Gasteiger partial charge in [0.1, 0.15) is 0 Å². The summed E-state index contributed by atoms with van der Waals surface area (Å²) in [6.07, 6.45) is 2.24. The molecule has 4 heteroatoms. The van der Waals surface area contributed by atoms with Gasteiger partial charge in [0.05, 0.1) is 5.41 Å². The first kappa shape index (κ1) is 13.0. The molecule has 0 aromatic heterocycles. The highest BCUT2D eigenvalue weighted by molar-refractivity contribution is 5.84. The van der Waals surface area contributed by atoms with Gasteiger partial charge >= 0.3 is 5.97 Å². The maximum absolute atomic E-state index is 11.9. The molecule has 1 unspecified atom stereocenters. The Labute approximate surface area is 96.6 Å². The number of likely N-dealkylation sites (tertiary alicyclic amines) is 1. The van der Waals surface area contributed by atoms with Gasteiger partial charge in [-0.15, -0.1) is 0 Å². The van der Waals surface area contributed by atoms with Crippen LogP contribution in [-0.4, -0.2) is 35.0 Å². The summed E-state index contributed by atoms with van der Waals surface area (Å²) in [7, 11) is 0. The molecule has 0 radical (unpaired) electrons. The lowest BCUT2D eigenvalue weighted by Crippen LogP contribution is -2.35. The first-order valence-corrected chi connectivity index (χ1v) is 5.88. The van der Waals surface area contributed by atoms with Crippen molar-refractivity contribution >= 4 is 11.9 Å². The molecule has 1 aliphatic heterocycles. The fourth-order valence-electron chi connectivity index (χ4n) is 1.96. The summed E-state index contributed by atoms with van der Waals surface area (Å²) in [6.45, 7) is 6.90. The monoisotopic (exact) mass is 227 g/mol. The average Bonchev–Trinajstić information content (AvgIpc) is 2.64. The molecule has 0 aromatic carbocycles. The number of aliphatic carboxylic acids is 1. The standard InChI is InChI=1S/C12H21NO3/c1-4-9-5-6-13(8-9)10(14)7-12(2,3)11(15)16/h9H,4-8H2,1-3H3,(H,15,16). The Kier molecular flexibility index (Phi) is 3.94. The topological polar surface area (TPSA) is 57.6 Å². The van der Waals surface area contributed by atoms with Crippen LogP contribution in [0.4, 0.5) is 0 Å². The lowest BCUT2D eigenvalue weighted by Gasteiger charge is -2.23. The summed E-state index contributed by atoms with van der Waals surface area (Å²) in [6, 6.07) is 0. The zero-order chi connectivity index (χ0) is 12.3. The number of hydrogen-bond donors (Lipinski definition) is 1. The third-order valence-corrected chi connectivity index (χ3v) is 3.39. The van der Waals surface area contributed by atoms with Crippen molar-refractivity contribution in [2.24, 2.45) is 11.3 Å². The summed E-state index contributed by atoms with van der Waals surface area (Å²) in [5.41, 5.74) is -0.957. The van der Waals surface area contributed by atoms with Gasteiger partial charge < -0.3 is 10.0 Å². The summed E-state index contributed by atoms with van der Waals surface area (Å²) >= 11 is 0. The molecule has 1 atom stereocenters. The molecule has 1 fully saturated rings. The van der Waals surface area contributed by atoms with Crippen molar-refractivity contribution in [3.8, 4) is 0 Å². The van der Waals surface area contributed by atoms with Gasteiger partial charge in [0.2, 0.25) is 5.91 Å². The summed E-state index contributed by atoms with van der Waals surface area (Å²) in [4.78, 5) is 24.6. The van der Waals surface area contributed by atoms with Crippen molar-refractivity contribution in [2.45, 2.75) is 40.0 Å². The molecule has 0 saturated carbocycles. The number of carbonyl (C=O) groups is 2. The van der Waals surface area contributed by atoms with Crippen LogP contribution in [0.25, 0.3) is 0 Å². The highest BCUT2D eigenvalue weighted by atomic mass is 16.4. The van der Waals surface area contributed by atoms with E-state index in [0.717, 1.165) is 25.9 Å². The number of carboxylic acid groups (broad SMARTS) is 1. The molecule has 4 nitrogen and oxygen atoms in total. The maximum Gasteiger partial charge on any atom is 0.309 e. The number of carboxylic acids is 1. The van der Waals surface area contributed by atoms with E-state index in [-0.39, 0.29) is 12.3 Å². The molecule has 0 spiro atoms. The van der Waals surface area contributed by atoms with Crippen LogP contribution in [0, 0.1) is 11.3 Å². The first-order chi connectivity index (χ1) is 7.36. The van der Waals surface area contributed by atoms with Crippen molar-refractivity contribution in [2.75, 3.05) is 13.1 Å². The molecule has 1 heterocycles. The zero-order valence-electron chi connectivity index (χ0n) is 10.3. The molecule has 0 bridgehead atoms. The van der Waals surface area contributed by atoms with E-state index in [2.05, 4.69) is 6.92 Å². The molecule has 1 N–H and O–H groups in total. The van der Waals surface area contributed by atoms with Crippen LogP contribution < -0.4 is 0 Å². The highest BCUT2D eigenvalue weighted by Gasteiger charge is 2.34. The van der Waals surface area contributed by atoms with Crippen molar-refractivity contribution in [3.05, 3.63) is 0 Å². The average molecular weight is 227 g/mol. The SMILES string of the molecule is CCC1CCN(C(=O)CC(C)(C)C(=O)O)C1. The summed E-state index contributed by atoms with van der Waals surface area (Å²) in [5.74, 6) is -0.340. The maximum atomic E-state index is 11.9. The predicted octanol–water partition coefficient (Wildman–Crippen LogP) is 1.75. The van der Waals surface area contributed by atoms with Gasteiger partial charge in [-0.25, -0.2) is 0 Å². The van der Waals surface area contributed by atoms with Crippen molar-refractivity contribution in [1.82, 2.24) is 4.90 Å². The zero-order valence-corrected chi connectivity index (χ0v) is 10.3. The molecule has 1 amide bonds. The minimum atomic E-state index is -0.957. The number of rotatable bonds is 4. The molecular formula is C12H21NO3. The number of hydrogen-bond acceptors (Lipinski definition) is 2. The Hall–Kier alpha value is -1.06. The highest BCUT2D eigenvalue weighted by Crippen LogP contribution is 2.25. The molecule has 16 heavy (non-hydrogen) atoms. The van der Waals surface area contributed by atoms with E-state index in [9.17, 15) is 9.59 Å².